The number of anilines is 1. The number of carbonyl (C=O) groups excluding carboxylic acids is 1. The Hall–Kier alpha value is -2.90. The summed E-state index contributed by atoms with van der Waals surface area (Å²) >= 11 is 6.27. The van der Waals surface area contributed by atoms with Crippen molar-refractivity contribution < 1.29 is 13.9 Å². The third kappa shape index (κ3) is 5.79. The maximum Gasteiger partial charge on any atom is 0.292 e. The number of ether oxygens (including phenoxy) is 1. The van der Waals surface area contributed by atoms with Crippen molar-refractivity contribution in [1.29, 1.82) is 0 Å². The Kier molecular flexibility index (Phi) is 6.85. The highest BCUT2D eigenvalue weighted by Gasteiger charge is 2.15. The van der Waals surface area contributed by atoms with E-state index in [9.17, 15) is 4.79 Å². The lowest BCUT2D eigenvalue weighted by atomic mass is 10.0. The van der Waals surface area contributed by atoms with Crippen LogP contribution in [0.15, 0.2) is 47.2 Å². The number of rotatable bonds is 9. The van der Waals surface area contributed by atoms with E-state index in [4.69, 9.17) is 26.5 Å². The number of ketones is 1. The maximum atomic E-state index is 12.4. The summed E-state index contributed by atoms with van der Waals surface area (Å²) in [6.07, 6.45) is 3.98. The van der Waals surface area contributed by atoms with E-state index in [0.29, 0.717) is 17.2 Å². The van der Waals surface area contributed by atoms with Crippen molar-refractivity contribution >= 4 is 23.4 Å². The summed E-state index contributed by atoms with van der Waals surface area (Å²) in [5.74, 6) is 0.499. The first-order chi connectivity index (χ1) is 13.9. The van der Waals surface area contributed by atoms with Crippen molar-refractivity contribution in [3.63, 3.8) is 0 Å². The van der Waals surface area contributed by atoms with Crippen LogP contribution in [0.2, 0.25) is 5.02 Å². The molecule has 0 amide bonds. The van der Waals surface area contributed by atoms with Crippen molar-refractivity contribution in [2.24, 2.45) is 0 Å². The zero-order valence-electron chi connectivity index (χ0n) is 16.4. The molecule has 0 saturated heterocycles. The van der Waals surface area contributed by atoms with Crippen LogP contribution < -0.4 is 10.5 Å². The number of pyridine rings is 1. The molecule has 0 aliphatic heterocycles. The molecule has 8 heteroatoms. The molecule has 3 rings (SSSR count). The molecule has 3 aromatic rings. The first-order valence-corrected chi connectivity index (χ1v) is 9.57. The van der Waals surface area contributed by atoms with Gasteiger partial charge in [0.2, 0.25) is 0 Å². The highest BCUT2D eigenvalue weighted by Crippen LogP contribution is 2.26. The normalized spacial score (nSPS) is 11.0. The summed E-state index contributed by atoms with van der Waals surface area (Å²) < 4.78 is 10.6. The molecule has 0 fully saturated rings. The van der Waals surface area contributed by atoms with Crippen LogP contribution in [-0.2, 0) is 6.42 Å². The van der Waals surface area contributed by atoms with Crippen LogP contribution in [-0.4, -0.2) is 47.9 Å². The SMILES string of the molecule is CN(C)CCCOc1ccc(-c2ccc(Cl)c(CC(=O)c3coc(N)n3)c2)nc1. The zero-order chi connectivity index (χ0) is 20.8. The third-order valence-corrected chi connectivity index (χ3v) is 4.62. The summed E-state index contributed by atoms with van der Waals surface area (Å²) in [6, 6.07) is 9.20. The monoisotopic (exact) mass is 414 g/mol. The van der Waals surface area contributed by atoms with Crippen LogP contribution in [0, 0.1) is 0 Å². The van der Waals surface area contributed by atoms with Gasteiger partial charge in [0.25, 0.3) is 6.01 Å². The van der Waals surface area contributed by atoms with E-state index >= 15 is 0 Å². The lowest BCUT2D eigenvalue weighted by Gasteiger charge is -2.11. The molecular weight excluding hydrogens is 392 g/mol. The minimum atomic E-state index is -0.223. The van der Waals surface area contributed by atoms with E-state index in [0.717, 1.165) is 30.0 Å². The van der Waals surface area contributed by atoms with E-state index < -0.39 is 0 Å². The average Bonchev–Trinajstić information content (AvgIpc) is 3.14. The van der Waals surface area contributed by atoms with Crippen LogP contribution in [0.3, 0.4) is 0 Å². The predicted molar refractivity (Wildman–Crippen MR) is 112 cm³/mol. The summed E-state index contributed by atoms with van der Waals surface area (Å²) in [4.78, 5) is 22.8. The molecule has 2 N–H and O–H groups in total. The van der Waals surface area contributed by atoms with Crippen LogP contribution in [0.5, 0.6) is 5.75 Å². The van der Waals surface area contributed by atoms with Crippen LogP contribution in [0.25, 0.3) is 11.3 Å². The summed E-state index contributed by atoms with van der Waals surface area (Å²) in [7, 11) is 4.07. The third-order valence-electron chi connectivity index (χ3n) is 4.25. The number of benzene rings is 1. The number of hydrogen-bond acceptors (Lipinski definition) is 7. The van der Waals surface area contributed by atoms with Crippen molar-refractivity contribution in [3.05, 3.63) is 59.1 Å². The van der Waals surface area contributed by atoms with Gasteiger partial charge in [0, 0.05) is 23.6 Å². The Bertz CT molecular complexity index is 970. The Labute approximate surface area is 174 Å². The van der Waals surface area contributed by atoms with Gasteiger partial charge in [-0.05, 0) is 50.3 Å². The largest absolute Gasteiger partial charge is 0.492 e. The predicted octanol–water partition coefficient (Wildman–Crippen LogP) is 3.73. The number of nitrogen functional groups attached to an aromatic ring is 1. The van der Waals surface area contributed by atoms with E-state index in [1.807, 2.05) is 38.4 Å². The Morgan fingerprint density at radius 2 is 2.10 bits per heavy atom. The molecular formula is C21H23ClN4O3. The Morgan fingerprint density at radius 3 is 2.76 bits per heavy atom. The number of nitrogens with two attached hydrogens (primary N) is 1. The molecule has 0 bridgehead atoms. The molecule has 152 valence electrons. The fourth-order valence-corrected chi connectivity index (χ4v) is 2.94. The molecule has 0 unspecified atom stereocenters. The van der Waals surface area contributed by atoms with Crippen molar-refractivity contribution in [3.8, 4) is 17.0 Å². The van der Waals surface area contributed by atoms with Gasteiger partial charge < -0.3 is 19.8 Å². The highest BCUT2D eigenvalue weighted by molar-refractivity contribution is 6.31. The van der Waals surface area contributed by atoms with Gasteiger partial charge in [-0.3, -0.25) is 9.78 Å². The van der Waals surface area contributed by atoms with Crippen LogP contribution in [0.4, 0.5) is 6.01 Å². The highest BCUT2D eigenvalue weighted by atomic mass is 35.5. The fourth-order valence-electron chi connectivity index (χ4n) is 2.76. The second-order valence-electron chi connectivity index (χ2n) is 6.86. The maximum absolute atomic E-state index is 12.4. The van der Waals surface area contributed by atoms with Gasteiger partial charge in [0.1, 0.15) is 17.7 Å². The van der Waals surface area contributed by atoms with Gasteiger partial charge in [-0.25, -0.2) is 0 Å². The fraction of sp³-hybridized carbons (Fsp3) is 0.286. The smallest absolute Gasteiger partial charge is 0.292 e. The lowest BCUT2D eigenvalue weighted by molar-refractivity contribution is 0.0988. The van der Waals surface area contributed by atoms with E-state index in [-0.39, 0.29) is 23.9 Å². The minimum absolute atomic E-state index is 0.0404. The van der Waals surface area contributed by atoms with Crippen molar-refractivity contribution in [2.75, 3.05) is 33.0 Å². The summed E-state index contributed by atoms with van der Waals surface area (Å²) in [6.45, 7) is 1.61. The second-order valence-corrected chi connectivity index (χ2v) is 7.27. The zero-order valence-corrected chi connectivity index (χ0v) is 17.1. The quantitative estimate of drug-likeness (QED) is 0.421. The van der Waals surface area contributed by atoms with E-state index in [1.165, 1.54) is 6.26 Å². The molecule has 0 aliphatic carbocycles. The van der Waals surface area contributed by atoms with Crippen molar-refractivity contribution in [1.82, 2.24) is 14.9 Å². The second kappa shape index (κ2) is 9.54. The summed E-state index contributed by atoms with van der Waals surface area (Å²) in [5, 5.41) is 0.499. The topological polar surface area (TPSA) is 94.5 Å². The number of oxazole rings is 1. The molecule has 0 radical (unpaired) electrons. The number of carbonyl (C=O) groups is 1. The van der Waals surface area contributed by atoms with Gasteiger partial charge in [0.05, 0.1) is 18.5 Å². The molecule has 2 heterocycles. The van der Waals surface area contributed by atoms with Gasteiger partial charge in [-0.2, -0.15) is 4.98 Å². The number of Topliss-reactive ketones (excluding diaryl/α,β-unsaturated/α-hetero) is 1. The first kappa shape index (κ1) is 20.8. The Morgan fingerprint density at radius 1 is 1.28 bits per heavy atom. The lowest BCUT2D eigenvalue weighted by Crippen LogP contribution is -2.15. The van der Waals surface area contributed by atoms with E-state index in [1.54, 1.807) is 12.3 Å². The van der Waals surface area contributed by atoms with Gasteiger partial charge in [0.15, 0.2) is 5.78 Å². The Balaban J connectivity index is 1.68. The number of nitrogens with zero attached hydrogens (tertiary/aromatic N) is 3. The molecule has 0 aliphatic rings. The molecule has 0 atom stereocenters. The standard InChI is InChI=1S/C21H23ClN4O3/c1-26(2)8-3-9-28-16-5-7-18(24-12-16)14-4-6-17(22)15(10-14)11-20(27)19-13-29-21(23)25-19/h4-7,10,12-13H,3,8-9,11H2,1-2H3,(H2,23,25). The molecule has 1 aromatic carbocycles. The minimum Gasteiger partial charge on any atom is -0.492 e. The number of hydrogen-bond donors (Lipinski definition) is 1. The van der Waals surface area contributed by atoms with Crippen LogP contribution in [0.1, 0.15) is 22.5 Å². The summed E-state index contributed by atoms with van der Waals surface area (Å²) in [5.41, 5.74) is 7.91. The molecule has 29 heavy (non-hydrogen) atoms. The molecule has 2 aromatic heterocycles. The average molecular weight is 415 g/mol. The van der Waals surface area contributed by atoms with Crippen LogP contribution >= 0.6 is 11.6 Å². The van der Waals surface area contributed by atoms with E-state index in [2.05, 4.69) is 14.9 Å². The first-order valence-electron chi connectivity index (χ1n) is 9.19. The van der Waals surface area contributed by atoms with Crippen molar-refractivity contribution in [2.45, 2.75) is 12.8 Å². The van der Waals surface area contributed by atoms with Gasteiger partial charge in [-0.1, -0.05) is 17.7 Å². The number of aromatic nitrogens is 2. The molecule has 7 nitrogen and oxygen atoms in total. The molecule has 0 spiro atoms. The number of halogens is 1. The van der Waals surface area contributed by atoms with Gasteiger partial charge >= 0.3 is 0 Å². The van der Waals surface area contributed by atoms with Gasteiger partial charge in [-0.15, -0.1) is 0 Å². The molecule has 0 saturated carbocycles.